The second kappa shape index (κ2) is 8.87. The first-order valence-electron chi connectivity index (χ1n) is 10.3. The summed E-state index contributed by atoms with van der Waals surface area (Å²) in [4.78, 5) is 24.1. The number of amides is 1. The average Bonchev–Trinajstić information content (AvgIpc) is 3.34. The van der Waals surface area contributed by atoms with E-state index in [4.69, 9.17) is 9.72 Å². The quantitative estimate of drug-likeness (QED) is 0.564. The van der Waals surface area contributed by atoms with Gasteiger partial charge in [-0.05, 0) is 38.3 Å². The molecule has 8 heteroatoms. The average molecular weight is 426 g/mol. The van der Waals surface area contributed by atoms with E-state index in [1.165, 1.54) is 6.08 Å². The van der Waals surface area contributed by atoms with Crippen molar-refractivity contribution in [3.8, 4) is 5.88 Å². The molecule has 0 spiro atoms. The fourth-order valence-electron chi connectivity index (χ4n) is 3.79. The van der Waals surface area contributed by atoms with Crippen LogP contribution in [-0.4, -0.2) is 44.5 Å². The van der Waals surface area contributed by atoms with E-state index in [9.17, 15) is 4.79 Å². The van der Waals surface area contributed by atoms with E-state index in [-0.39, 0.29) is 12.0 Å². The number of piperidine rings is 1. The summed E-state index contributed by atoms with van der Waals surface area (Å²) < 4.78 is 8.58. The first-order valence-corrected chi connectivity index (χ1v) is 11.2. The van der Waals surface area contributed by atoms with Gasteiger partial charge in [-0.2, -0.15) is 4.98 Å². The Bertz CT molecular complexity index is 1060. The van der Waals surface area contributed by atoms with Crippen LogP contribution in [0.5, 0.6) is 5.88 Å². The number of likely N-dealkylation sites (tertiary alicyclic amines) is 1. The first-order chi connectivity index (χ1) is 14.6. The van der Waals surface area contributed by atoms with Gasteiger partial charge in [-0.3, -0.25) is 4.79 Å². The monoisotopic (exact) mass is 425 g/mol. The number of hydrogen-bond acceptors (Lipinski definition) is 6. The van der Waals surface area contributed by atoms with Crippen molar-refractivity contribution < 1.29 is 9.53 Å². The number of aromatic nitrogens is 3. The third-order valence-electron chi connectivity index (χ3n) is 5.20. The molecule has 1 N–H and O–H groups in total. The Labute approximate surface area is 180 Å². The van der Waals surface area contributed by atoms with E-state index >= 15 is 0 Å². The van der Waals surface area contributed by atoms with Crippen molar-refractivity contribution in [1.29, 1.82) is 0 Å². The molecule has 158 valence electrons. The number of anilines is 2. The number of thiazole rings is 1. The molecule has 1 fully saturated rings. The topological polar surface area (TPSA) is 72.3 Å². The molecule has 0 aromatic carbocycles. The van der Waals surface area contributed by atoms with Crippen LogP contribution in [0.3, 0.4) is 0 Å². The molecule has 0 aliphatic carbocycles. The van der Waals surface area contributed by atoms with Crippen LogP contribution >= 0.6 is 11.3 Å². The third-order valence-corrected chi connectivity index (χ3v) is 6.02. The second-order valence-corrected chi connectivity index (χ2v) is 8.76. The minimum Gasteiger partial charge on any atom is -0.472 e. The summed E-state index contributed by atoms with van der Waals surface area (Å²) in [5, 5.41) is 5.10. The lowest BCUT2D eigenvalue weighted by atomic mass is 10.1. The normalized spacial score (nSPS) is 16.6. The van der Waals surface area contributed by atoms with Gasteiger partial charge in [0.2, 0.25) is 11.8 Å². The van der Waals surface area contributed by atoms with E-state index in [1.54, 1.807) is 16.2 Å². The van der Waals surface area contributed by atoms with Crippen LogP contribution in [0, 0.1) is 6.92 Å². The van der Waals surface area contributed by atoms with Crippen molar-refractivity contribution in [2.24, 2.45) is 0 Å². The van der Waals surface area contributed by atoms with Gasteiger partial charge in [0.15, 0.2) is 5.13 Å². The predicted octanol–water partition coefficient (Wildman–Crippen LogP) is 4.51. The number of hydrogen-bond donors (Lipinski definition) is 1. The molecule has 1 atom stereocenters. The van der Waals surface area contributed by atoms with Gasteiger partial charge in [0.1, 0.15) is 11.9 Å². The van der Waals surface area contributed by atoms with Crippen LogP contribution < -0.4 is 10.1 Å². The lowest BCUT2D eigenvalue weighted by Gasteiger charge is -2.32. The van der Waals surface area contributed by atoms with Crippen molar-refractivity contribution in [2.45, 2.75) is 45.8 Å². The van der Waals surface area contributed by atoms with E-state index in [1.807, 2.05) is 19.2 Å². The highest BCUT2D eigenvalue weighted by atomic mass is 32.1. The van der Waals surface area contributed by atoms with Gasteiger partial charge in [0, 0.05) is 36.4 Å². The van der Waals surface area contributed by atoms with Crippen molar-refractivity contribution in [3.63, 3.8) is 0 Å². The molecular formula is C22H27N5O2S. The molecule has 3 aromatic heterocycles. The van der Waals surface area contributed by atoms with Gasteiger partial charge in [0.05, 0.1) is 17.4 Å². The number of carbonyl (C=O) groups is 1. The van der Waals surface area contributed by atoms with Gasteiger partial charge in [-0.15, -0.1) is 11.3 Å². The number of nitrogens with one attached hydrogen (secondary N) is 1. The van der Waals surface area contributed by atoms with Gasteiger partial charge in [-0.1, -0.05) is 13.5 Å². The Balaban J connectivity index is 1.65. The van der Waals surface area contributed by atoms with Crippen molar-refractivity contribution >= 4 is 39.1 Å². The van der Waals surface area contributed by atoms with E-state index in [2.05, 4.69) is 40.6 Å². The van der Waals surface area contributed by atoms with Crippen molar-refractivity contribution in [2.75, 3.05) is 18.4 Å². The molecule has 30 heavy (non-hydrogen) atoms. The Morgan fingerprint density at radius 3 is 3.10 bits per heavy atom. The summed E-state index contributed by atoms with van der Waals surface area (Å²) >= 11 is 1.59. The fraction of sp³-hybridized carbons (Fsp3) is 0.409. The molecule has 4 rings (SSSR count). The Morgan fingerprint density at radius 1 is 1.50 bits per heavy atom. The molecular weight excluding hydrogens is 398 g/mol. The molecule has 1 amide bonds. The highest BCUT2D eigenvalue weighted by Gasteiger charge is 2.25. The van der Waals surface area contributed by atoms with Crippen LogP contribution in [0.1, 0.15) is 31.1 Å². The summed E-state index contributed by atoms with van der Waals surface area (Å²) in [5.41, 5.74) is 1.08. The summed E-state index contributed by atoms with van der Waals surface area (Å²) in [7, 11) is 0. The maximum absolute atomic E-state index is 12.0. The Morgan fingerprint density at radius 2 is 2.37 bits per heavy atom. The fourth-order valence-corrected chi connectivity index (χ4v) is 4.46. The largest absolute Gasteiger partial charge is 0.472 e. The van der Waals surface area contributed by atoms with E-state index in [0.29, 0.717) is 18.2 Å². The van der Waals surface area contributed by atoms with Crippen LogP contribution in [0.25, 0.3) is 10.9 Å². The lowest BCUT2D eigenvalue weighted by Crippen LogP contribution is -2.43. The van der Waals surface area contributed by atoms with E-state index < -0.39 is 0 Å². The van der Waals surface area contributed by atoms with Crippen molar-refractivity contribution in [1.82, 2.24) is 19.4 Å². The highest BCUT2D eigenvalue weighted by molar-refractivity contribution is 7.15. The zero-order valence-electron chi connectivity index (χ0n) is 17.4. The number of ether oxygens (including phenoxy) is 1. The number of nitrogens with zero attached hydrogens (tertiary/aromatic N) is 4. The van der Waals surface area contributed by atoms with Gasteiger partial charge in [0.25, 0.3) is 0 Å². The Hall–Kier alpha value is -2.87. The maximum atomic E-state index is 12.0. The third kappa shape index (κ3) is 4.33. The van der Waals surface area contributed by atoms with Gasteiger partial charge >= 0.3 is 0 Å². The molecule has 4 heterocycles. The summed E-state index contributed by atoms with van der Waals surface area (Å²) in [6.07, 6.45) is 8.03. The summed E-state index contributed by atoms with van der Waals surface area (Å²) in [6.45, 7) is 10.0. The first kappa shape index (κ1) is 20.4. The number of fused-ring (bicyclic) bond motifs is 1. The van der Waals surface area contributed by atoms with Crippen LogP contribution in [0.4, 0.5) is 10.9 Å². The molecule has 0 radical (unpaired) electrons. The molecule has 0 bridgehead atoms. The maximum Gasteiger partial charge on any atom is 0.246 e. The highest BCUT2D eigenvalue weighted by Crippen LogP contribution is 2.32. The number of pyridine rings is 1. The number of rotatable bonds is 7. The smallest absolute Gasteiger partial charge is 0.246 e. The molecule has 1 aliphatic rings. The standard InChI is InChI=1S/C22H27N5O2S/c1-4-9-26-11-8-17-18(26)12-19(25-22-23-13-15(3)30-22)24-21(17)29-16-7-6-10-27(14-16)20(28)5-2/h5,8,11-13,16H,2,4,6-7,9-10,14H2,1,3H3,(H,23,24,25). The summed E-state index contributed by atoms with van der Waals surface area (Å²) in [6, 6.07) is 4.10. The SMILES string of the molecule is C=CC(=O)N1CCCC(Oc2nc(Nc3ncc(C)s3)cc3c2ccn3CCC)C1. The van der Waals surface area contributed by atoms with Gasteiger partial charge in [-0.25, -0.2) is 4.98 Å². The minimum absolute atomic E-state index is 0.0509. The second-order valence-electron chi connectivity index (χ2n) is 7.53. The molecule has 0 saturated carbocycles. The summed E-state index contributed by atoms with van der Waals surface area (Å²) in [5.74, 6) is 1.25. The molecule has 1 aliphatic heterocycles. The van der Waals surface area contributed by atoms with E-state index in [0.717, 1.165) is 53.3 Å². The van der Waals surface area contributed by atoms with Crippen LogP contribution in [0.2, 0.25) is 0 Å². The number of carbonyl (C=O) groups excluding carboxylic acids is 1. The van der Waals surface area contributed by atoms with Gasteiger partial charge < -0.3 is 19.5 Å². The van der Waals surface area contributed by atoms with Crippen LogP contribution in [0.15, 0.2) is 37.2 Å². The Kier molecular flexibility index (Phi) is 6.03. The van der Waals surface area contributed by atoms with Crippen LogP contribution in [-0.2, 0) is 11.3 Å². The molecule has 3 aromatic rings. The number of aryl methyl sites for hydroxylation is 2. The predicted molar refractivity (Wildman–Crippen MR) is 121 cm³/mol. The molecule has 1 saturated heterocycles. The molecule has 7 nitrogen and oxygen atoms in total. The van der Waals surface area contributed by atoms with Crippen molar-refractivity contribution in [3.05, 3.63) is 42.1 Å². The minimum atomic E-state index is -0.0924. The zero-order valence-corrected chi connectivity index (χ0v) is 18.2. The lowest BCUT2D eigenvalue weighted by molar-refractivity contribution is -0.128. The molecule has 1 unspecified atom stereocenters. The zero-order chi connectivity index (χ0) is 21.1.